The number of fused-ring (bicyclic) bond motifs is 1. The third-order valence-electron chi connectivity index (χ3n) is 5.26. The van der Waals surface area contributed by atoms with Gasteiger partial charge < -0.3 is 16.0 Å². The van der Waals surface area contributed by atoms with E-state index in [0.29, 0.717) is 5.56 Å². The normalized spacial score (nSPS) is 10.8. The molecular weight excluding hydrogens is 432 g/mol. The fourth-order valence-corrected chi connectivity index (χ4v) is 4.65. The van der Waals surface area contributed by atoms with E-state index in [-0.39, 0.29) is 8.76 Å². The lowest BCUT2D eigenvalue weighted by atomic mass is 10.1. The Hall–Kier alpha value is -4.17. The van der Waals surface area contributed by atoms with Crippen LogP contribution < -0.4 is 16.0 Å². The first kappa shape index (κ1) is 20.7. The third kappa shape index (κ3) is 4.16. The minimum absolute atomic E-state index is 0. The molecule has 0 spiro atoms. The molecule has 0 radical (unpaired) electrons. The zero-order valence-electron chi connectivity index (χ0n) is 18.2. The number of hydrogen-bond acceptors (Lipinski definition) is 6. The molecule has 168 valence electrons. The molecule has 0 aliphatic heterocycles. The molecule has 0 saturated carbocycles. The van der Waals surface area contributed by atoms with E-state index in [1.54, 1.807) is 17.4 Å². The van der Waals surface area contributed by atoms with Crippen LogP contribution in [0.25, 0.3) is 16.2 Å². The Morgan fingerprint density at radius 1 is 1.03 bits per heavy atom. The highest BCUT2D eigenvalue weighted by molar-refractivity contribution is 7.18. The van der Waals surface area contributed by atoms with Crippen LogP contribution in [0.5, 0.6) is 0 Å². The predicted octanol–water partition coefficient (Wildman–Crippen LogP) is 6.30. The van der Waals surface area contributed by atoms with Gasteiger partial charge in [0.15, 0.2) is 5.13 Å². The second-order valence-corrected chi connectivity index (χ2v) is 8.49. The van der Waals surface area contributed by atoms with Crippen LogP contribution in [0.15, 0.2) is 79.1 Å². The van der Waals surface area contributed by atoms with Gasteiger partial charge >= 0.3 is 0 Å². The maximum atomic E-state index is 12.8. The highest BCUT2D eigenvalue weighted by Gasteiger charge is 2.14. The zero-order chi connectivity index (χ0) is 22.8. The number of aryl methyl sites for hydroxylation is 1. The Morgan fingerprint density at radius 2 is 1.85 bits per heavy atom. The fourth-order valence-electron chi connectivity index (χ4n) is 3.72. The lowest BCUT2D eigenvalue weighted by molar-refractivity contribution is 0.102. The number of anilines is 4. The molecule has 8 heteroatoms. The van der Waals surface area contributed by atoms with Crippen molar-refractivity contribution in [2.75, 3.05) is 23.0 Å². The van der Waals surface area contributed by atoms with Gasteiger partial charge in [0.2, 0.25) is 0 Å². The zero-order valence-corrected chi connectivity index (χ0v) is 19.0. The van der Waals surface area contributed by atoms with E-state index in [2.05, 4.69) is 30.3 Å². The van der Waals surface area contributed by atoms with E-state index < -0.39 is 0 Å². The first-order valence-corrected chi connectivity index (χ1v) is 11.3. The van der Waals surface area contributed by atoms with Gasteiger partial charge in [0.1, 0.15) is 5.65 Å². The van der Waals surface area contributed by atoms with Gasteiger partial charge in [-0.2, -0.15) is 0 Å². The number of carbonyl (C=O) groups excluding carboxylic acids is 1. The second kappa shape index (κ2) is 8.76. The molecule has 0 unspecified atom stereocenters. The smallest absolute Gasteiger partial charge is 0.255 e. The van der Waals surface area contributed by atoms with Crippen LogP contribution in [0.2, 0.25) is 0 Å². The van der Waals surface area contributed by atoms with Crippen molar-refractivity contribution in [2.45, 2.75) is 6.92 Å². The van der Waals surface area contributed by atoms with Crippen LogP contribution >= 0.6 is 11.3 Å². The van der Waals surface area contributed by atoms with E-state index in [1.165, 1.54) is 0 Å². The van der Waals surface area contributed by atoms with Crippen molar-refractivity contribution < 1.29 is 7.65 Å². The number of aromatic nitrogens is 3. The fraction of sp³-hybridized carbons (Fsp3) is 0.0800. The van der Waals surface area contributed by atoms with E-state index >= 15 is 0 Å². The first-order valence-electron chi connectivity index (χ1n) is 10.5. The molecule has 0 fully saturated rings. The van der Waals surface area contributed by atoms with Crippen LogP contribution in [-0.2, 0) is 0 Å². The summed E-state index contributed by atoms with van der Waals surface area (Å²) in [6.07, 6.45) is 3.85. The number of nitrogens with zero attached hydrogens (tertiary/aromatic N) is 3. The molecule has 2 aromatic carbocycles. The number of rotatable bonds is 6. The molecule has 5 aromatic rings. The molecule has 0 bridgehead atoms. The largest absolute Gasteiger partial charge is 0.386 e. The number of imidazole rings is 1. The van der Waals surface area contributed by atoms with Gasteiger partial charge in [-0.25, -0.2) is 9.97 Å². The van der Waals surface area contributed by atoms with Gasteiger partial charge in [0.25, 0.3) is 5.91 Å². The van der Waals surface area contributed by atoms with Crippen molar-refractivity contribution in [1.82, 2.24) is 14.4 Å². The minimum atomic E-state index is -0.178. The van der Waals surface area contributed by atoms with Gasteiger partial charge in [0.05, 0.1) is 27.6 Å². The Balaban J connectivity index is 0.00000171. The Bertz CT molecular complexity index is 1470. The van der Waals surface area contributed by atoms with Gasteiger partial charge in [0, 0.05) is 33.5 Å². The molecular formula is C25H26N6OS. The number of benzene rings is 2. The van der Waals surface area contributed by atoms with Crippen LogP contribution in [0, 0.1) is 6.92 Å². The Labute approximate surface area is 198 Å². The van der Waals surface area contributed by atoms with Crippen LogP contribution in [-0.4, -0.2) is 27.3 Å². The van der Waals surface area contributed by atoms with Crippen LogP contribution in [0.4, 0.5) is 22.2 Å². The molecule has 3 aromatic heterocycles. The van der Waals surface area contributed by atoms with E-state index in [4.69, 9.17) is 0 Å². The van der Waals surface area contributed by atoms with E-state index in [0.717, 1.165) is 44.1 Å². The molecule has 1 amide bonds. The maximum Gasteiger partial charge on any atom is 0.255 e. The van der Waals surface area contributed by atoms with Gasteiger partial charge in [-0.1, -0.05) is 35.6 Å². The lowest BCUT2D eigenvalue weighted by Gasteiger charge is -2.11. The summed E-state index contributed by atoms with van der Waals surface area (Å²) in [6.45, 7) is 2.00. The average Bonchev–Trinajstić information content (AvgIpc) is 3.42. The van der Waals surface area contributed by atoms with E-state index in [1.807, 2.05) is 87.0 Å². The quantitative estimate of drug-likeness (QED) is 0.278. The summed E-state index contributed by atoms with van der Waals surface area (Å²) in [7, 11) is 1.83. The van der Waals surface area contributed by atoms with Crippen molar-refractivity contribution in [3.8, 4) is 10.6 Å². The Kier molecular flexibility index (Phi) is 5.50. The number of hydrogen-bond donors (Lipinski definition) is 3. The molecule has 3 N–H and O–H groups in total. The molecule has 5 rings (SSSR count). The molecule has 0 aliphatic rings. The number of thiazole rings is 1. The highest BCUT2D eigenvalue weighted by atomic mass is 32.1. The molecule has 3 heterocycles. The summed E-state index contributed by atoms with van der Waals surface area (Å²) < 4.78 is 2.07. The van der Waals surface area contributed by atoms with Gasteiger partial charge in [-0.05, 0) is 49.4 Å². The standard InChI is InChI=1S/C25H22N6OS.2H2/c1-16-23(31-13-6-5-12-22(31)28-16)21-15-27-25(33-21)29-18-9-7-8-17(14-18)24(32)30-20-11-4-3-10-19(20)26-2;;/h3-15,26H,1-2H3,(H,27,29)(H,30,32);2*1H. The second-order valence-electron chi connectivity index (χ2n) is 7.46. The first-order chi connectivity index (χ1) is 16.1. The monoisotopic (exact) mass is 458 g/mol. The van der Waals surface area contributed by atoms with Crippen LogP contribution in [0.3, 0.4) is 0 Å². The van der Waals surface area contributed by atoms with Crippen molar-refractivity contribution in [2.24, 2.45) is 0 Å². The summed E-state index contributed by atoms with van der Waals surface area (Å²) in [5, 5.41) is 10.1. The lowest BCUT2D eigenvalue weighted by Crippen LogP contribution is -2.13. The molecule has 0 saturated heterocycles. The number of para-hydroxylation sites is 2. The minimum Gasteiger partial charge on any atom is -0.386 e. The average molecular weight is 459 g/mol. The molecule has 0 aliphatic carbocycles. The summed E-state index contributed by atoms with van der Waals surface area (Å²) in [6, 6.07) is 20.9. The maximum absolute atomic E-state index is 12.8. The summed E-state index contributed by atoms with van der Waals surface area (Å²) in [4.78, 5) is 23.0. The summed E-state index contributed by atoms with van der Waals surface area (Å²) in [5.74, 6) is -0.178. The summed E-state index contributed by atoms with van der Waals surface area (Å²) >= 11 is 1.54. The topological polar surface area (TPSA) is 83.3 Å². The number of amides is 1. The summed E-state index contributed by atoms with van der Waals surface area (Å²) in [5.41, 5.74) is 5.84. The third-order valence-corrected chi connectivity index (χ3v) is 6.18. The molecule has 7 nitrogen and oxygen atoms in total. The molecule has 33 heavy (non-hydrogen) atoms. The SMILES string of the molecule is CNc1ccccc1NC(=O)c1cccc(Nc2ncc(-c3c(C)nc4ccccn34)s2)c1.[HH].[HH]. The predicted molar refractivity (Wildman–Crippen MR) is 139 cm³/mol. The van der Waals surface area contributed by atoms with Crippen molar-refractivity contribution in [3.05, 3.63) is 90.4 Å². The Morgan fingerprint density at radius 3 is 2.70 bits per heavy atom. The van der Waals surface area contributed by atoms with E-state index in [9.17, 15) is 4.79 Å². The van der Waals surface area contributed by atoms with Crippen molar-refractivity contribution in [3.63, 3.8) is 0 Å². The number of carbonyl (C=O) groups is 1. The van der Waals surface area contributed by atoms with Crippen molar-refractivity contribution >= 4 is 45.1 Å². The van der Waals surface area contributed by atoms with Gasteiger partial charge in [-0.15, -0.1) is 0 Å². The van der Waals surface area contributed by atoms with Crippen LogP contribution in [0.1, 0.15) is 18.9 Å². The van der Waals surface area contributed by atoms with Crippen molar-refractivity contribution in [1.29, 1.82) is 0 Å². The highest BCUT2D eigenvalue weighted by Crippen LogP contribution is 2.33. The number of pyridine rings is 1. The molecule has 0 atom stereocenters. The number of nitrogens with one attached hydrogen (secondary N) is 3. The van der Waals surface area contributed by atoms with Gasteiger partial charge in [-0.3, -0.25) is 9.20 Å².